The van der Waals surface area contributed by atoms with Gasteiger partial charge in [-0.1, -0.05) is 43.5 Å². The molecule has 0 saturated heterocycles. The molecular weight excluding hydrogens is 396 g/mol. The van der Waals surface area contributed by atoms with Crippen molar-refractivity contribution in [2.45, 2.75) is 13.2 Å². The number of ether oxygens (including phenoxy) is 3. The molecule has 0 heterocycles. The van der Waals surface area contributed by atoms with Crippen LogP contribution in [-0.4, -0.2) is 17.9 Å². The lowest BCUT2D eigenvalue weighted by atomic mass is 10.0. The molecule has 0 spiro atoms. The molecule has 0 radical (unpaired) electrons. The van der Waals surface area contributed by atoms with Crippen molar-refractivity contribution >= 4 is 28.7 Å². The molecule has 3 aromatic carbocycles. The maximum atomic E-state index is 12.5. The predicted octanol–water partition coefficient (Wildman–Crippen LogP) is 4.52. The van der Waals surface area contributed by atoms with Gasteiger partial charge in [0.05, 0.1) is 5.56 Å². The van der Waals surface area contributed by atoms with Gasteiger partial charge in [0.15, 0.2) is 0 Å². The van der Waals surface area contributed by atoms with E-state index in [4.69, 9.17) is 14.2 Å². The fourth-order valence-electron chi connectivity index (χ4n) is 2.76. The summed E-state index contributed by atoms with van der Waals surface area (Å²) in [6.45, 7) is 6.95. The number of esters is 3. The number of carbonyl (C=O) groups excluding carboxylic acids is 3. The summed E-state index contributed by atoms with van der Waals surface area (Å²) < 4.78 is 15.4. The van der Waals surface area contributed by atoms with Gasteiger partial charge in [0, 0.05) is 12.2 Å². The lowest BCUT2D eigenvalue weighted by Crippen LogP contribution is -2.08. The molecule has 0 N–H and O–H groups in total. The van der Waals surface area contributed by atoms with Crippen LogP contribution in [0.25, 0.3) is 10.8 Å². The van der Waals surface area contributed by atoms with Gasteiger partial charge in [-0.2, -0.15) is 0 Å². The SMILES string of the molecule is C=CC(=O)OCc1ccc(OC(=O)c2ccc3cc(COC(=O)C=C)ccc3c2)cc1. The lowest BCUT2D eigenvalue weighted by molar-refractivity contribution is -0.139. The summed E-state index contributed by atoms with van der Waals surface area (Å²) in [5.41, 5.74) is 1.99. The highest BCUT2D eigenvalue weighted by molar-refractivity contribution is 5.96. The first-order valence-electron chi connectivity index (χ1n) is 9.40. The molecule has 0 aromatic heterocycles. The van der Waals surface area contributed by atoms with Gasteiger partial charge in [-0.3, -0.25) is 0 Å². The van der Waals surface area contributed by atoms with Gasteiger partial charge in [-0.25, -0.2) is 14.4 Å². The summed E-state index contributed by atoms with van der Waals surface area (Å²) in [5, 5.41) is 1.76. The van der Waals surface area contributed by atoms with Crippen LogP contribution in [0.3, 0.4) is 0 Å². The second-order valence-corrected chi connectivity index (χ2v) is 6.55. The Hall–Kier alpha value is -4.19. The smallest absolute Gasteiger partial charge is 0.343 e. The number of benzene rings is 3. The number of hydrogen-bond acceptors (Lipinski definition) is 6. The fraction of sp³-hybridized carbons (Fsp3) is 0.0800. The summed E-state index contributed by atoms with van der Waals surface area (Å²) in [7, 11) is 0. The Morgan fingerprint density at radius 2 is 1.26 bits per heavy atom. The molecule has 3 aromatic rings. The van der Waals surface area contributed by atoms with E-state index in [0.717, 1.165) is 34.1 Å². The van der Waals surface area contributed by atoms with E-state index in [1.165, 1.54) is 0 Å². The second kappa shape index (κ2) is 10.0. The molecule has 0 aliphatic heterocycles. The van der Waals surface area contributed by atoms with E-state index in [1.54, 1.807) is 36.4 Å². The molecule has 0 saturated carbocycles. The molecule has 0 aliphatic carbocycles. The molecule has 0 aliphatic rings. The third-order valence-electron chi connectivity index (χ3n) is 4.37. The number of carbonyl (C=O) groups is 3. The van der Waals surface area contributed by atoms with Crippen LogP contribution in [0.5, 0.6) is 5.75 Å². The van der Waals surface area contributed by atoms with E-state index < -0.39 is 17.9 Å². The molecule has 6 heteroatoms. The molecule has 0 bridgehead atoms. The van der Waals surface area contributed by atoms with E-state index in [-0.39, 0.29) is 13.2 Å². The zero-order valence-corrected chi connectivity index (χ0v) is 16.7. The summed E-state index contributed by atoms with van der Waals surface area (Å²) >= 11 is 0. The highest BCUT2D eigenvalue weighted by Gasteiger charge is 2.10. The fourth-order valence-corrected chi connectivity index (χ4v) is 2.76. The van der Waals surface area contributed by atoms with Crippen molar-refractivity contribution in [3.05, 3.63) is 103 Å². The Balaban J connectivity index is 1.65. The van der Waals surface area contributed by atoms with E-state index in [9.17, 15) is 14.4 Å². The quantitative estimate of drug-likeness (QED) is 0.305. The molecule has 156 valence electrons. The molecule has 0 amide bonds. The van der Waals surface area contributed by atoms with Crippen molar-refractivity contribution < 1.29 is 28.6 Å². The van der Waals surface area contributed by atoms with Crippen LogP contribution in [0.4, 0.5) is 0 Å². The Morgan fingerprint density at radius 1 is 0.710 bits per heavy atom. The van der Waals surface area contributed by atoms with Gasteiger partial charge < -0.3 is 14.2 Å². The maximum Gasteiger partial charge on any atom is 0.343 e. The van der Waals surface area contributed by atoms with Gasteiger partial charge in [0.25, 0.3) is 0 Å². The van der Waals surface area contributed by atoms with Crippen LogP contribution >= 0.6 is 0 Å². The molecular formula is C25H20O6. The minimum atomic E-state index is -0.503. The van der Waals surface area contributed by atoms with E-state index in [0.29, 0.717) is 11.3 Å². The monoisotopic (exact) mass is 416 g/mol. The molecule has 3 rings (SSSR count). The van der Waals surface area contributed by atoms with Crippen molar-refractivity contribution in [2.75, 3.05) is 0 Å². The molecule has 31 heavy (non-hydrogen) atoms. The minimum absolute atomic E-state index is 0.110. The normalized spacial score (nSPS) is 10.2. The Bertz CT molecular complexity index is 1140. The van der Waals surface area contributed by atoms with Crippen LogP contribution in [-0.2, 0) is 32.3 Å². The number of fused-ring (bicyclic) bond motifs is 1. The van der Waals surface area contributed by atoms with Gasteiger partial charge in [0.2, 0.25) is 0 Å². The third kappa shape index (κ3) is 5.90. The molecule has 6 nitrogen and oxygen atoms in total. The second-order valence-electron chi connectivity index (χ2n) is 6.55. The van der Waals surface area contributed by atoms with Crippen molar-refractivity contribution in [3.63, 3.8) is 0 Å². The average molecular weight is 416 g/mol. The number of rotatable bonds is 8. The summed E-state index contributed by atoms with van der Waals surface area (Å²) in [6, 6.07) is 17.5. The van der Waals surface area contributed by atoms with Gasteiger partial charge in [0.1, 0.15) is 19.0 Å². The highest BCUT2D eigenvalue weighted by atomic mass is 16.5. The zero-order valence-electron chi connectivity index (χ0n) is 16.7. The van der Waals surface area contributed by atoms with Gasteiger partial charge in [-0.15, -0.1) is 0 Å². The van der Waals surface area contributed by atoms with Crippen molar-refractivity contribution in [1.29, 1.82) is 0 Å². The van der Waals surface area contributed by atoms with Crippen LogP contribution in [0.2, 0.25) is 0 Å². The first kappa shape index (κ1) is 21.5. The molecule has 0 unspecified atom stereocenters. The average Bonchev–Trinajstić information content (AvgIpc) is 2.81. The van der Waals surface area contributed by atoms with E-state index >= 15 is 0 Å². The lowest BCUT2D eigenvalue weighted by Gasteiger charge is -2.08. The van der Waals surface area contributed by atoms with Gasteiger partial charge >= 0.3 is 17.9 Å². The molecule has 0 fully saturated rings. The van der Waals surface area contributed by atoms with E-state index in [1.807, 2.05) is 24.3 Å². The van der Waals surface area contributed by atoms with Crippen LogP contribution in [0.15, 0.2) is 86.0 Å². The Morgan fingerprint density at radius 3 is 1.90 bits per heavy atom. The Labute approximate surface area is 179 Å². The van der Waals surface area contributed by atoms with Crippen molar-refractivity contribution in [3.8, 4) is 5.75 Å². The minimum Gasteiger partial charge on any atom is -0.458 e. The number of hydrogen-bond donors (Lipinski definition) is 0. The van der Waals surface area contributed by atoms with E-state index in [2.05, 4.69) is 13.2 Å². The zero-order chi connectivity index (χ0) is 22.2. The van der Waals surface area contributed by atoms with Crippen molar-refractivity contribution in [2.24, 2.45) is 0 Å². The predicted molar refractivity (Wildman–Crippen MR) is 115 cm³/mol. The van der Waals surface area contributed by atoms with Crippen LogP contribution in [0, 0.1) is 0 Å². The first-order chi connectivity index (χ1) is 15.0. The summed E-state index contributed by atoms with van der Waals surface area (Å²) in [4.78, 5) is 34.8. The maximum absolute atomic E-state index is 12.5. The van der Waals surface area contributed by atoms with Crippen LogP contribution < -0.4 is 4.74 Å². The molecule has 0 atom stereocenters. The highest BCUT2D eigenvalue weighted by Crippen LogP contribution is 2.21. The third-order valence-corrected chi connectivity index (χ3v) is 4.37. The van der Waals surface area contributed by atoms with Crippen LogP contribution in [0.1, 0.15) is 21.5 Å². The summed E-state index contributed by atoms with van der Waals surface area (Å²) in [6.07, 6.45) is 2.21. The largest absolute Gasteiger partial charge is 0.458 e. The summed E-state index contributed by atoms with van der Waals surface area (Å²) in [5.74, 6) is -1.10. The van der Waals surface area contributed by atoms with Gasteiger partial charge in [-0.05, 0) is 52.2 Å². The topological polar surface area (TPSA) is 78.9 Å². The Kier molecular flexibility index (Phi) is 6.96. The standard InChI is InChI=1S/C25H20O6/c1-3-23(26)29-15-17-6-11-22(12-7-17)31-25(28)21-10-9-19-13-18(5-8-20(19)14-21)16-30-24(27)4-2/h3-14H,1-2,15-16H2. The first-order valence-corrected chi connectivity index (χ1v) is 9.40. The van der Waals surface area contributed by atoms with Crippen molar-refractivity contribution in [1.82, 2.24) is 0 Å².